The van der Waals surface area contributed by atoms with E-state index in [2.05, 4.69) is 37.8 Å². The summed E-state index contributed by atoms with van der Waals surface area (Å²) >= 11 is 0. The van der Waals surface area contributed by atoms with E-state index >= 15 is 0 Å². The fourth-order valence-corrected chi connectivity index (χ4v) is 2.37. The van der Waals surface area contributed by atoms with Gasteiger partial charge in [0, 0.05) is 13.1 Å². The number of nitriles is 1. The van der Waals surface area contributed by atoms with Crippen molar-refractivity contribution in [2.45, 2.75) is 33.0 Å². The van der Waals surface area contributed by atoms with Gasteiger partial charge in [0.25, 0.3) is 0 Å². The molecular formula is C14H18N2O. The van der Waals surface area contributed by atoms with E-state index in [0.29, 0.717) is 0 Å². The normalized spacial score (nSPS) is 24.5. The zero-order valence-electron chi connectivity index (χ0n) is 10.6. The van der Waals surface area contributed by atoms with Crippen molar-refractivity contribution in [1.82, 2.24) is 0 Å². The first-order valence-electron chi connectivity index (χ1n) is 6.01. The highest BCUT2D eigenvalue weighted by atomic mass is 16.5. The monoisotopic (exact) mass is 230 g/mol. The summed E-state index contributed by atoms with van der Waals surface area (Å²) in [7, 11) is 0. The molecule has 17 heavy (non-hydrogen) atoms. The van der Waals surface area contributed by atoms with Crippen molar-refractivity contribution in [3.63, 3.8) is 0 Å². The number of rotatable bonds is 1. The SMILES string of the molecule is Cc1ccc(C#N)c(N2C[C@@H](C)O[C@@H](C)C2)c1. The topological polar surface area (TPSA) is 36.3 Å². The molecule has 3 heteroatoms. The van der Waals surface area contributed by atoms with Crippen molar-refractivity contribution in [2.75, 3.05) is 18.0 Å². The fourth-order valence-electron chi connectivity index (χ4n) is 2.37. The first-order valence-corrected chi connectivity index (χ1v) is 6.01. The van der Waals surface area contributed by atoms with Crippen molar-refractivity contribution >= 4 is 5.69 Å². The van der Waals surface area contributed by atoms with Crippen LogP contribution in [0.15, 0.2) is 18.2 Å². The molecule has 2 rings (SSSR count). The Labute approximate surface area is 103 Å². The summed E-state index contributed by atoms with van der Waals surface area (Å²) in [5.74, 6) is 0. The van der Waals surface area contributed by atoms with E-state index in [1.807, 2.05) is 12.1 Å². The van der Waals surface area contributed by atoms with Gasteiger partial charge < -0.3 is 9.64 Å². The summed E-state index contributed by atoms with van der Waals surface area (Å²) in [6.07, 6.45) is 0.427. The molecule has 0 saturated carbocycles. The number of benzene rings is 1. The largest absolute Gasteiger partial charge is 0.372 e. The second kappa shape index (κ2) is 4.77. The third kappa shape index (κ3) is 2.59. The maximum absolute atomic E-state index is 9.16. The molecule has 0 unspecified atom stereocenters. The van der Waals surface area contributed by atoms with E-state index < -0.39 is 0 Å². The predicted molar refractivity (Wildman–Crippen MR) is 68.1 cm³/mol. The Bertz CT molecular complexity index is 440. The summed E-state index contributed by atoms with van der Waals surface area (Å²) in [5.41, 5.74) is 2.97. The molecule has 1 heterocycles. The van der Waals surface area contributed by atoms with Gasteiger partial charge in [0.05, 0.1) is 23.5 Å². The number of aryl methyl sites for hydroxylation is 1. The molecule has 1 saturated heterocycles. The first kappa shape index (κ1) is 11.9. The van der Waals surface area contributed by atoms with Crippen molar-refractivity contribution in [3.8, 4) is 6.07 Å². The molecule has 0 spiro atoms. The van der Waals surface area contributed by atoms with Gasteiger partial charge in [0.2, 0.25) is 0 Å². The zero-order chi connectivity index (χ0) is 12.4. The Hall–Kier alpha value is -1.53. The Morgan fingerprint density at radius 3 is 2.53 bits per heavy atom. The van der Waals surface area contributed by atoms with Crippen molar-refractivity contribution < 1.29 is 4.74 Å². The lowest BCUT2D eigenvalue weighted by molar-refractivity contribution is -0.00523. The molecule has 2 atom stereocenters. The van der Waals surface area contributed by atoms with Crippen LogP contribution in [0.2, 0.25) is 0 Å². The van der Waals surface area contributed by atoms with Gasteiger partial charge in [-0.25, -0.2) is 0 Å². The molecule has 1 aliphatic heterocycles. The lowest BCUT2D eigenvalue weighted by atomic mass is 10.1. The molecule has 0 amide bonds. The third-order valence-electron chi connectivity index (χ3n) is 3.03. The molecule has 1 aromatic carbocycles. The first-order chi connectivity index (χ1) is 8.10. The minimum Gasteiger partial charge on any atom is -0.372 e. The second-order valence-corrected chi connectivity index (χ2v) is 4.79. The van der Waals surface area contributed by atoms with Crippen LogP contribution in [0, 0.1) is 18.3 Å². The average molecular weight is 230 g/mol. The molecule has 0 N–H and O–H groups in total. The molecular weight excluding hydrogens is 212 g/mol. The van der Waals surface area contributed by atoms with Crippen molar-refractivity contribution in [2.24, 2.45) is 0 Å². The van der Waals surface area contributed by atoms with E-state index in [9.17, 15) is 0 Å². The molecule has 0 radical (unpaired) electrons. The van der Waals surface area contributed by atoms with Crippen LogP contribution in [0.25, 0.3) is 0 Å². The Morgan fingerprint density at radius 2 is 1.94 bits per heavy atom. The lowest BCUT2D eigenvalue weighted by Crippen LogP contribution is -2.45. The van der Waals surface area contributed by atoms with Gasteiger partial charge in [-0.05, 0) is 38.5 Å². The molecule has 1 aliphatic rings. The summed E-state index contributed by atoms with van der Waals surface area (Å²) in [5, 5.41) is 9.16. The highest BCUT2D eigenvalue weighted by Crippen LogP contribution is 2.25. The van der Waals surface area contributed by atoms with E-state index in [4.69, 9.17) is 10.00 Å². The standard InChI is InChI=1S/C14H18N2O/c1-10-4-5-13(7-15)14(6-10)16-8-11(2)17-12(3)9-16/h4-6,11-12H,8-9H2,1-3H3/t11-,12+. The van der Waals surface area contributed by atoms with Gasteiger partial charge in [-0.1, -0.05) is 6.07 Å². The number of nitrogens with zero attached hydrogens (tertiary/aromatic N) is 2. The summed E-state index contributed by atoms with van der Waals surface area (Å²) in [6, 6.07) is 8.23. The number of anilines is 1. The molecule has 0 aromatic heterocycles. The van der Waals surface area contributed by atoms with Gasteiger partial charge in [0.1, 0.15) is 6.07 Å². The Morgan fingerprint density at radius 1 is 1.29 bits per heavy atom. The van der Waals surface area contributed by atoms with Crippen LogP contribution in [0.4, 0.5) is 5.69 Å². The minimum atomic E-state index is 0.214. The van der Waals surface area contributed by atoms with Gasteiger partial charge in [-0.3, -0.25) is 0 Å². The number of hydrogen-bond acceptors (Lipinski definition) is 3. The summed E-state index contributed by atoms with van der Waals surface area (Å²) in [6.45, 7) is 7.90. The van der Waals surface area contributed by atoms with E-state index in [1.54, 1.807) is 0 Å². The minimum absolute atomic E-state index is 0.214. The number of morpholine rings is 1. The van der Waals surface area contributed by atoms with Crippen LogP contribution < -0.4 is 4.90 Å². The van der Waals surface area contributed by atoms with Crippen LogP contribution >= 0.6 is 0 Å². The Balaban J connectivity index is 2.33. The summed E-state index contributed by atoms with van der Waals surface area (Å²) < 4.78 is 5.72. The van der Waals surface area contributed by atoms with E-state index in [0.717, 1.165) is 24.3 Å². The molecule has 1 fully saturated rings. The zero-order valence-corrected chi connectivity index (χ0v) is 10.6. The highest BCUT2D eigenvalue weighted by molar-refractivity contribution is 5.61. The van der Waals surface area contributed by atoms with Gasteiger partial charge in [-0.2, -0.15) is 5.26 Å². The van der Waals surface area contributed by atoms with Gasteiger partial charge in [-0.15, -0.1) is 0 Å². The predicted octanol–water partition coefficient (Wildman–Crippen LogP) is 2.48. The maximum Gasteiger partial charge on any atom is 0.101 e. The van der Waals surface area contributed by atoms with Crippen LogP contribution in [-0.2, 0) is 4.74 Å². The smallest absolute Gasteiger partial charge is 0.101 e. The van der Waals surface area contributed by atoms with Gasteiger partial charge >= 0.3 is 0 Å². The fraction of sp³-hybridized carbons (Fsp3) is 0.500. The number of ether oxygens (including phenoxy) is 1. The lowest BCUT2D eigenvalue weighted by Gasteiger charge is -2.37. The van der Waals surface area contributed by atoms with Gasteiger partial charge in [0.15, 0.2) is 0 Å². The molecule has 0 aliphatic carbocycles. The highest BCUT2D eigenvalue weighted by Gasteiger charge is 2.23. The molecule has 3 nitrogen and oxygen atoms in total. The number of hydrogen-bond donors (Lipinski definition) is 0. The van der Waals surface area contributed by atoms with E-state index in [1.165, 1.54) is 5.56 Å². The summed E-state index contributed by atoms with van der Waals surface area (Å²) in [4.78, 5) is 2.25. The third-order valence-corrected chi connectivity index (χ3v) is 3.03. The van der Waals surface area contributed by atoms with Crippen molar-refractivity contribution in [3.05, 3.63) is 29.3 Å². The van der Waals surface area contributed by atoms with Crippen LogP contribution in [0.3, 0.4) is 0 Å². The van der Waals surface area contributed by atoms with Crippen LogP contribution in [-0.4, -0.2) is 25.3 Å². The quantitative estimate of drug-likeness (QED) is 0.743. The molecule has 1 aromatic rings. The van der Waals surface area contributed by atoms with Crippen LogP contribution in [0.5, 0.6) is 0 Å². The molecule has 0 bridgehead atoms. The second-order valence-electron chi connectivity index (χ2n) is 4.79. The Kier molecular flexibility index (Phi) is 3.35. The van der Waals surface area contributed by atoms with E-state index in [-0.39, 0.29) is 12.2 Å². The maximum atomic E-state index is 9.16. The average Bonchev–Trinajstić information content (AvgIpc) is 2.27. The van der Waals surface area contributed by atoms with Crippen LogP contribution in [0.1, 0.15) is 25.0 Å². The molecule has 90 valence electrons. The van der Waals surface area contributed by atoms with Crippen molar-refractivity contribution in [1.29, 1.82) is 5.26 Å².